The molecular formula is C14H16N2OS. The first-order valence-corrected chi connectivity index (χ1v) is 6.57. The van der Waals surface area contributed by atoms with E-state index in [2.05, 4.69) is 24.4 Å². The van der Waals surface area contributed by atoms with Crippen molar-refractivity contribution >= 4 is 28.5 Å². The van der Waals surface area contributed by atoms with Crippen LogP contribution in [0.3, 0.4) is 0 Å². The summed E-state index contributed by atoms with van der Waals surface area (Å²) in [6, 6.07) is 9.67. The lowest BCUT2D eigenvalue weighted by Gasteiger charge is -2.08. The summed E-state index contributed by atoms with van der Waals surface area (Å²) in [5.41, 5.74) is 7.87. The van der Waals surface area contributed by atoms with Crippen LogP contribution in [0.15, 0.2) is 30.3 Å². The number of hydrogen-bond acceptors (Lipinski definition) is 4. The Morgan fingerprint density at radius 3 is 2.67 bits per heavy atom. The van der Waals surface area contributed by atoms with Gasteiger partial charge in [-0.15, -0.1) is 11.3 Å². The largest absolute Gasteiger partial charge is 0.398 e. The average molecular weight is 260 g/mol. The number of Topliss-reactive ketones (excluding diaryl/α,β-unsaturated/α-hetero) is 1. The normalized spacial score (nSPS) is 10.3. The van der Waals surface area contributed by atoms with Gasteiger partial charge in [-0.2, -0.15) is 0 Å². The Kier molecular flexibility index (Phi) is 3.67. The molecule has 4 heteroatoms. The van der Waals surface area contributed by atoms with Crippen LogP contribution in [0, 0.1) is 6.92 Å². The van der Waals surface area contributed by atoms with Crippen molar-refractivity contribution in [2.45, 2.75) is 20.4 Å². The number of carbonyl (C=O) groups excluding carboxylic acids is 1. The standard InChI is InChI=1S/C14H16N2OS/c1-9-3-5-12(18-9)8-16-11-4-6-13(10(2)17)14(15)7-11/h3-7,16H,8,15H2,1-2H3. The fourth-order valence-electron chi connectivity index (χ4n) is 1.76. The summed E-state index contributed by atoms with van der Waals surface area (Å²) in [5.74, 6) is -0.00654. The fraction of sp³-hybridized carbons (Fsp3) is 0.214. The van der Waals surface area contributed by atoms with Crippen LogP contribution in [0.4, 0.5) is 11.4 Å². The van der Waals surface area contributed by atoms with Gasteiger partial charge in [0, 0.05) is 33.2 Å². The first-order valence-electron chi connectivity index (χ1n) is 5.76. The number of thiophene rings is 1. The monoisotopic (exact) mass is 260 g/mol. The number of nitrogen functional groups attached to an aromatic ring is 1. The van der Waals surface area contributed by atoms with Crippen molar-refractivity contribution in [3.63, 3.8) is 0 Å². The number of carbonyl (C=O) groups is 1. The molecular weight excluding hydrogens is 244 g/mol. The summed E-state index contributed by atoms with van der Waals surface area (Å²) in [4.78, 5) is 13.8. The molecule has 0 bridgehead atoms. The number of aryl methyl sites for hydroxylation is 1. The Labute approximate surface area is 111 Å². The number of hydrogen-bond donors (Lipinski definition) is 2. The Bertz CT molecular complexity index is 575. The molecule has 0 radical (unpaired) electrons. The summed E-state index contributed by atoms with van der Waals surface area (Å²) in [7, 11) is 0. The van der Waals surface area contributed by atoms with Crippen molar-refractivity contribution in [1.29, 1.82) is 0 Å². The predicted molar refractivity (Wildman–Crippen MR) is 77.2 cm³/mol. The van der Waals surface area contributed by atoms with Gasteiger partial charge in [0.1, 0.15) is 0 Å². The van der Waals surface area contributed by atoms with E-state index in [1.165, 1.54) is 16.7 Å². The molecule has 0 aliphatic carbocycles. The molecule has 0 fully saturated rings. The second-order valence-corrected chi connectivity index (χ2v) is 5.60. The van der Waals surface area contributed by atoms with Crippen LogP contribution in [0.2, 0.25) is 0 Å². The first kappa shape index (κ1) is 12.6. The summed E-state index contributed by atoms with van der Waals surface area (Å²) in [6.45, 7) is 4.39. The molecule has 1 aromatic carbocycles. The fourth-order valence-corrected chi connectivity index (χ4v) is 2.59. The van der Waals surface area contributed by atoms with E-state index >= 15 is 0 Å². The van der Waals surface area contributed by atoms with E-state index in [-0.39, 0.29) is 5.78 Å². The van der Waals surface area contributed by atoms with Gasteiger partial charge in [0.25, 0.3) is 0 Å². The number of nitrogens with one attached hydrogen (secondary N) is 1. The third-order valence-corrected chi connectivity index (χ3v) is 3.69. The molecule has 0 aliphatic heterocycles. The zero-order valence-corrected chi connectivity index (χ0v) is 11.3. The van der Waals surface area contributed by atoms with Crippen LogP contribution in [-0.4, -0.2) is 5.78 Å². The van der Waals surface area contributed by atoms with Crippen LogP contribution in [0.1, 0.15) is 27.0 Å². The van der Waals surface area contributed by atoms with Crippen molar-refractivity contribution in [3.05, 3.63) is 45.6 Å². The molecule has 3 nitrogen and oxygen atoms in total. The zero-order chi connectivity index (χ0) is 13.1. The van der Waals surface area contributed by atoms with E-state index in [0.717, 1.165) is 12.2 Å². The van der Waals surface area contributed by atoms with Crippen LogP contribution in [0.25, 0.3) is 0 Å². The van der Waals surface area contributed by atoms with E-state index in [9.17, 15) is 4.79 Å². The Morgan fingerprint density at radius 1 is 1.33 bits per heavy atom. The molecule has 0 saturated heterocycles. The molecule has 94 valence electrons. The predicted octanol–water partition coefficient (Wildman–Crippen LogP) is 3.45. The highest BCUT2D eigenvalue weighted by atomic mass is 32.1. The summed E-state index contributed by atoms with van der Waals surface area (Å²) < 4.78 is 0. The van der Waals surface area contributed by atoms with Crippen LogP contribution >= 0.6 is 11.3 Å². The summed E-state index contributed by atoms with van der Waals surface area (Å²) in [6.07, 6.45) is 0. The minimum atomic E-state index is -0.00654. The Hall–Kier alpha value is -1.81. The average Bonchev–Trinajstić information content (AvgIpc) is 2.72. The number of rotatable bonds is 4. The lowest BCUT2D eigenvalue weighted by atomic mass is 10.1. The molecule has 2 rings (SSSR count). The molecule has 3 N–H and O–H groups in total. The van der Waals surface area contributed by atoms with Gasteiger partial charge in [-0.05, 0) is 44.2 Å². The maximum atomic E-state index is 11.3. The second-order valence-electron chi connectivity index (χ2n) is 4.22. The lowest BCUT2D eigenvalue weighted by Crippen LogP contribution is -2.02. The van der Waals surface area contributed by atoms with Crippen molar-refractivity contribution in [2.24, 2.45) is 0 Å². The van der Waals surface area contributed by atoms with E-state index in [1.54, 1.807) is 23.5 Å². The molecule has 0 aliphatic rings. The van der Waals surface area contributed by atoms with E-state index in [1.807, 2.05) is 6.07 Å². The first-order chi connectivity index (χ1) is 8.56. The molecule has 1 aromatic heterocycles. The van der Waals surface area contributed by atoms with Gasteiger partial charge in [0.2, 0.25) is 0 Å². The Morgan fingerprint density at radius 2 is 2.11 bits per heavy atom. The summed E-state index contributed by atoms with van der Waals surface area (Å²) >= 11 is 1.77. The highest BCUT2D eigenvalue weighted by Gasteiger charge is 2.05. The SMILES string of the molecule is CC(=O)c1ccc(NCc2ccc(C)s2)cc1N. The zero-order valence-electron chi connectivity index (χ0n) is 10.5. The van der Waals surface area contributed by atoms with Gasteiger partial charge < -0.3 is 11.1 Å². The highest BCUT2D eigenvalue weighted by Crippen LogP contribution is 2.21. The van der Waals surface area contributed by atoms with Gasteiger partial charge in [-0.3, -0.25) is 4.79 Å². The molecule has 0 atom stereocenters. The molecule has 0 amide bonds. The number of benzene rings is 1. The summed E-state index contributed by atoms with van der Waals surface area (Å²) in [5, 5.41) is 3.30. The number of ketones is 1. The van der Waals surface area contributed by atoms with Gasteiger partial charge in [-0.25, -0.2) is 0 Å². The smallest absolute Gasteiger partial charge is 0.161 e. The minimum absolute atomic E-state index is 0.00654. The van der Waals surface area contributed by atoms with Crippen LogP contribution < -0.4 is 11.1 Å². The molecule has 1 heterocycles. The van der Waals surface area contributed by atoms with E-state index in [4.69, 9.17) is 5.73 Å². The molecule has 0 saturated carbocycles. The topological polar surface area (TPSA) is 55.1 Å². The van der Waals surface area contributed by atoms with Gasteiger partial charge >= 0.3 is 0 Å². The van der Waals surface area contributed by atoms with Crippen molar-refractivity contribution in [1.82, 2.24) is 0 Å². The van der Waals surface area contributed by atoms with Crippen LogP contribution in [-0.2, 0) is 6.54 Å². The molecule has 18 heavy (non-hydrogen) atoms. The van der Waals surface area contributed by atoms with Crippen molar-refractivity contribution < 1.29 is 4.79 Å². The van der Waals surface area contributed by atoms with Crippen molar-refractivity contribution in [2.75, 3.05) is 11.1 Å². The van der Waals surface area contributed by atoms with Crippen LogP contribution in [0.5, 0.6) is 0 Å². The number of anilines is 2. The van der Waals surface area contributed by atoms with Crippen molar-refractivity contribution in [3.8, 4) is 0 Å². The minimum Gasteiger partial charge on any atom is -0.398 e. The lowest BCUT2D eigenvalue weighted by molar-refractivity contribution is 0.101. The molecule has 2 aromatic rings. The van der Waals surface area contributed by atoms with Gasteiger partial charge in [0.15, 0.2) is 5.78 Å². The van der Waals surface area contributed by atoms with E-state index < -0.39 is 0 Å². The maximum Gasteiger partial charge on any atom is 0.161 e. The maximum absolute atomic E-state index is 11.3. The molecule has 0 spiro atoms. The Balaban J connectivity index is 2.06. The number of nitrogens with two attached hydrogens (primary N) is 1. The van der Waals surface area contributed by atoms with E-state index in [0.29, 0.717) is 11.3 Å². The molecule has 0 unspecified atom stereocenters. The highest BCUT2D eigenvalue weighted by molar-refractivity contribution is 7.11. The van der Waals surface area contributed by atoms with Gasteiger partial charge in [-0.1, -0.05) is 0 Å². The third kappa shape index (κ3) is 2.90. The second kappa shape index (κ2) is 5.23. The quantitative estimate of drug-likeness (QED) is 0.654. The van der Waals surface area contributed by atoms with Gasteiger partial charge in [0.05, 0.1) is 0 Å². The third-order valence-electron chi connectivity index (χ3n) is 2.69.